The van der Waals surface area contributed by atoms with Crippen LogP contribution in [0.5, 0.6) is 0 Å². The van der Waals surface area contributed by atoms with E-state index in [2.05, 4.69) is 30.4 Å². The fraction of sp³-hybridized carbons (Fsp3) is 0.351. The maximum atomic E-state index is 13.1. The summed E-state index contributed by atoms with van der Waals surface area (Å²) in [5, 5.41) is 6.36. The first-order valence-electron chi connectivity index (χ1n) is 16.3. The molecule has 2 aliphatic heterocycles. The van der Waals surface area contributed by atoms with Crippen LogP contribution in [0.2, 0.25) is 5.02 Å². The number of rotatable bonds is 9. The number of nitrogens with zero attached hydrogens (tertiary/aromatic N) is 4. The minimum absolute atomic E-state index is 0.272. The molecule has 9 heteroatoms. The van der Waals surface area contributed by atoms with Crippen molar-refractivity contribution >= 4 is 34.8 Å². The molecule has 2 aliphatic rings. The lowest BCUT2D eigenvalue weighted by atomic mass is 9.98. The van der Waals surface area contributed by atoms with Gasteiger partial charge in [0.25, 0.3) is 11.8 Å². The fourth-order valence-corrected chi connectivity index (χ4v) is 6.60. The predicted octanol–water partition coefficient (Wildman–Crippen LogP) is 7.58. The molecule has 46 heavy (non-hydrogen) atoms. The van der Waals surface area contributed by atoms with Crippen molar-refractivity contribution < 1.29 is 9.59 Å². The Morgan fingerprint density at radius 2 is 1.13 bits per heavy atom. The Bertz CT molecular complexity index is 1540. The Kier molecular flexibility index (Phi) is 10.4. The van der Waals surface area contributed by atoms with Crippen molar-refractivity contribution in [1.82, 2.24) is 19.8 Å². The van der Waals surface area contributed by atoms with Crippen LogP contribution < -0.4 is 10.6 Å². The van der Waals surface area contributed by atoms with Gasteiger partial charge in [-0.05, 0) is 105 Å². The quantitative estimate of drug-likeness (QED) is 0.197. The second-order valence-corrected chi connectivity index (χ2v) is 12.7. The second kappa shape index (κ2) is 15.0. The number of benzene rings is 2. The topological polar surface area (TPSA) is 90.5 Å². The number of nitrogens with one attached hydrogen (secondary N) is 2. The lowest BCUT2D eigenvalue weighted by Crippen LogP contribution is -2.29. The Morgan fingerprint density at radius 1 is 0.652 bits per heavy atom. The van der Waals surface area contributed by atoms with Crippen LogP contribution in [0.15, 0.2) is 73.1 Å². The van der Waals surface area contributed by atoms with Gasteiger partial charge in [0.2, 0.25) is 0 Å². The van der Waals surface area contributed by atoms with Crippen LogP contribution in [0, 0.1) is 6.92 Å². The van der Waals surface area contributed by atoms with Crippen molar-refractivity contribution in [3.63, 3.8) is 0 Å². The average molecular weight is 637 g/mol. The van der Waals surface area contributed by atoms with Gasteiger partial charge >= 0.3 is 0 Å². The van der Waals surface area contributed by atoms with Gasteiger partial charge in [-0.1, -0.05) is 60.8 Å². The number of likely N-dealkylation sites (tertiary alicyclic amines) is 2. The number of pyridine rings is 2. The lowest BCUT2D eigenvalue weighted by Gasteiger charge is -2.26. The zero-order valence-corrected chi connectivity index (χ0v) is 27.2. The maximum Gasteiger partial charge on any atom is 0.274 e. The summed E-state index contributed by atoms with van der Waals surface area (Å²) in [5.41, 5.74) is 6.52. The summed E-state index contributed by atoms with van der Waals surface area (Å²) in [6, 6.07) is 18.7. The van der Waals surface area contributed by atoms with E-state index in [1.807, 2.05) is 49.4 Å². The van der Waals surface area contributed by atoms with Crippen LogP contribution in [0.1, 0.15) is 76.2 Å². The fourth-order valence-electron chi connectivity index (χ4n) is 6.33. The predicted molar refractivity (Wildman–Crippen MR) is 184 cm³/mol. The van der Waals surface area contributed by atoms with E-state index < -0.39 is 0 Å². The number of carbonyl (C=O) groups excluding carboxylic acids is 2. The zero-order chi connectivity index (χ0) is 31.9. The summed E-state index contributed by atoms with van der Waals surface area (Å²) in [6.45, 7) is 8.09. The number of hydrogen-bond donors (Lipinski definition) is 2. The minimum atomic E-state index is -0.323. The highest BCUT2D eigenvalue weighted by Gasteiger charge is 2.18. The molecule has 8 nitrogen and oxygen atoms in total. The van der Waals surface area contributed by atoms with E-state index >= 15 is 0 Å². The molecule has 2 N–H and O–H groups in total. The molecule has 0 aliphatic carbocycles. The molecule has 0 saturated carbocycles. The van der Waals surface area contributed by atoms with E-state index in [0.29, 0.717) is 27.8 Å². The number of carbonyl (C=O) groups is 2. The molecule has 0 unspecified atom stereocenters. The van der Waals surface area contributed by atoms with Gasteiger partial charge in [0, 0.05) is 36.7 Å². The van der Waals surface area contributed by atoms with E-state index in [1.54, 1.807) is 30.6 Å². The highest BCUT2D eigenvalue weighted by molar-refractivity contribution is 6.36. The van der Waals surface area contributed by atoms with Crippen molar-refractivity contribution in [2.75, 3.05) is 36.8 Å². The summed E-state index contributed by atoms with van der Waals surface area (Å²) in [5.74, 6) is -0.595. The van der Waals surface area contributed by atoms with Crippen molar-refractivity contribution in [2.24, 2.45) is 0 Å². The summed E-state index contributed by atoms with van der Waals surface area (Å²) in [4.78, 5) is 40.0. The van der Waals surface area contributed by atoms with Gasteiger partial charge in [0.05, 0.1) is 10.7 Å². The number of piperidine rings is 2. The van der Waals surface area contributed by atoms with Crippen LogP contribution in [0.25, 0.3) is 11.1 Å². The summed E-state index contributed by atoms with van der Waals surface area (Å²) >= 11 is 6.88. The van der Waals surface area contributed by atoms with Gasteiger partial charge < -0.3 is 10.6 Å². The molecule has 2 saturated heterocycles. The first-order chi connectivity index (χ1) is 22.4. The molecule has 2 fully saturated rings. The number of halogens is 1. The molecule has 2 amide bonds. The standard InChI is InChI=1S/C37H41ClN6O2/c1-26-29(10-8-12-31(26)41-36(45)33-16-14-27(22-39-33)24-43-18-4-2-5-19-43)30-11-9-13-32(35(30)38)42-37(46)34-17-15-28(23-40-34)25-44-20-6-3-7-21-44/h8-17,22-23H,2-7,18-21,24-25H2,1H3,(H,41,45)(H,42,46). The van der Waals surface area contributed by atoms with Crippen LogP contribution in [0.3, 0.4) is 0 Å². The molecule has 238 valence electrons. The van der Waals surface area contributed by atoms with E-state index in [4.69, 9.17) is 11.6 Å². The molecule has 4 aromatic rings. The van der Waals surface area contributed by atoms with Crippen molar-refractivity contribution in [3.8, 4) is 11.1 Å². The average Bonchev–Trinajstić information content (AvgIpc) is 3.08. The van der Waals surface area contributed by atoms with Crippen molar-refractivity contribution in [1.29, 1.82) is 0 Å². The normalized spacial score (nSPS) is 15.8. The first-order valence-corrected chi connectivity index (χ1v) is 16.7. The van der Waals surface area contributed by atoms with Gasteiger partial charge in [0.15, 0.2) is 0 Å². The SMILES string of the molecule is Cc1c(NC(=O)c2ccc(CN3CCCCC3)cn2)cccc1-c1cccc(NC(=O)c2ccc(CN3CCCCC3)cn2)c1Cl. The molecule has 2 aromatic heterocycles. The monoisotopic (exact) mass is 636 g/mol. The van der Waals surface area contributed by atoms with Crippen LogP contribution in [-0.4, -0.2) is 57.8 Å². The molecule has 0 bridgehead atoms. The molecule has 0 spiro atoms. The molecule has 6 rings (SSSR count). The summed E-state index contributed by atoms with van der Waals surface area (Å²) < 4.78 is 0. The third kappa shape index (κ3) is 7.81. The largest absolute Gasteiger partial charge is 0.320 e. The van der Waals surface area contributed by atoms with Crippen LogP contribution >= 0.6 is 11.6 Å². The van der Waals surface area contributed by atoms with E-state index in [-0.39, 0.29) is 11.8 Å². The minimum Gasteiger partial charge on any atom is -0.320 e. The van der Waals surface area contributed by atoms with E-state index in [0.717, 1.165) is 67.1 Å². The summed E-state index contributed by atoms with van der Waals surface area (Å²) in [6.07, 6.45) is 11.1. The third-order valence-electron chi connectivity index (χ3n) is 8.94. The first kappa shape index (κ1) is 31.9. The molecule has 4 heterocycles. The summed E-state index contributed by atoms with van der Waals surface area (Å²) in [7, 11) is 0. The van der Waals surface area contributed by atoms with Gasteiger partial charge in [-0.25, -0.2) is 0 Å². The number of hydrogen-bond acceptors (Lipinski definition) is 6. The Labute approximate surface area is 276 Å². The molecule has 0 atom stereocenters. The van der Waals surface area contributed by atoms with Gasteiger partial charge in [0.1, 0.15) is 11.4 Å². The highest BCUT2D eigenvalue weighted by atomic mass is 35.5. The Balaban J connectivity index is 1.11. The number of aromatic nitrogens is 2. The van der Waals surface area contributed by atoms with Gasteiger partial charge in [-0.15, -0.1) is 0 Å². The molecule has 2 aromatic carbocycles. The number of amides is 2. The van der Waals surface area contributed by atoms with E-state index in [9.17, 15) is 9.59 Å². The second-order valence-electron chi connectivity index (χ2n) is 12.3. The smallest absolute Gasteiger partial charge is 0.274 e. The van der Waals surface area contributed by atoms with E-state index in [1.165, 1.54) is 38.5 Å². The zero-order valence-electron chi connectivity index (χ0n) is 26.4. The highest BCUT2D eigenvalue weighted by Crippen LogP contribution is 2.37. The number of anilines is 2. The van der Waals surface area contributed by atoms with Crippen molar-refractivity contribution in [2.45, 2.75) is 58.5 Å². The molecular weight excluding hydrogens is 596 g/mol. The van der Waals surface area contributed by atoms with Crippen LogP contribution in [0.4, 0.5) is 11.4 Å². The molecule has 0 radical (unpaired) electrons. The Hall–Kier alpha value is -4.11. The Morgan fingerprint density at radius 3 is 1.63 bits per heavy atom. The maximum absolute atomic E-state index is 13.1. The van der Waals surface area contributed by atoms with Crippen molar-refractivity contribution in [3.05, 3.63) is 106 Å². The lowest BCUT2D eigenvalue weighted by molar-refractivity contribution is 0.101. The van der Waals surface area contributed by atoms with Crippen LogP contribution in [-0.2, 0) is 13.1 Å². The third-order valence-corrected chi connectivity index (χ3v) is 9.35. The molecular formula is C37H41ClN6O2. The van der Waals surface area contributed by atoms with Gasteiger partial charge in [-0.2, -0.15) is 0 Å². The van der Waals surface area contributed by atoms with Gasteiger partial charge in [-0.3, -0.25) is 29.4 Å².